The number of hydrogen-bond donors (Lipinski definition) is 3. The van der Waals surface area contributed by atoms with Crippen LogP contribution in [0.4, 0.5) is 0 Å². The predicted octanol–water partition coefficient (Wildman–Crippen LogP) is -0.278. The third-order valence-electron chi connectivity index (χ3n) is 3.29. The summed E-state index contributed by atoms with van der Waals surface area (Å²) in [4.78, 5) is 16.1. The van der Waals surface area contributed by atoms with Crippen LogP contribution in [0.15, 0.2) is 18.3 Å². The summed E-state index contributed by atoms with van der Waals surface area (Å²) >= 11 is 0. The van der Waals surface area contributed by atoms with Gasteiger partial charge in [0, 0.05) is 18.7 Å². The molecule has 0 saturated carbocycles. The molecule has 2 heterocycles. The van der Waals surface area contributed by atoms with Crippen molar-refractivity contribution >= 4 is 5.91 Å². The van der Waals surface area contributed by atoms with Gasteiger partial charge in [-0.1, -0.05) is 0 Å². The molecule has 1 amide bonds. The number of ether oxygens (including phenoxy) is 2. The van der Waals surface area contributed by atoms with Gasteiger partial charge in [-0.25, -0.2) is 4.98 Å². The Bertz CT molecular complexity index is 467. The zero-order valence-corrected chi connectivity index (χ0v) is 11.9. The highest BCUT2D eigenvalue weighted by molar-refractivity contribution is 5.94. The van der Waals surface area contributed by atoms with E-state index in [1.807, 2.05) is 0 Å². The molecule has 2 rings (SSSR count). The molecular formula is C14H20N2O5. The number of hydrogen-bond acceptors (Lipinski definition) is 6. The minimum Gasteiger partial charge on any atom is -0.472 e. The summed E-state index contributed by atoms with van der Waals surface area (Å²) in [6.07, 6.45) is 2.23. The van der Waals surface area contributed by atoms with Crippen molar-refractivity contribution in [3.63, 3.8) is 0 Å². The molecule has 1 aromatic rings. The van der Waals surface area contributed by atoms with Gasteiger partial charge in [0.05, 0.1) is 37.5 Å². The second kappa shape index (κ2) is 6.84. The minimum atomic E-state index is -1.06. The van der Waals surface area contributed by atoms with E-state index in [9.17, 15) is 4.79 Å². The van der Waals surface area contributed by atoms with Gasteiger partial charge < -0.3 is 25.0 Å². The average molecular weight is 296 g/mol. The van der Waals surface area contributed by atoms with Gasteiger partial charge in [-0.05, 0) is 13.0 Å². The number of aliphatic hydroxyl groups excluding tert-OH is 2. The van der Waals surface area contributed by atoms with E-state index in [2.05, 4.69) is 10.3 Å². The van der Waals surface area contributed by atoms with E-state index in [1.54, 1.807) is 19.1 Å². The van der Waals surface area contributed by atoms with Crippen molar-refractivity contribution in [1.82, 2.24) is 10.3 Å². The maximum Gasteiger partial charge on any atom is 0.253 e. The highest BCUT2D eigenvalue weighted by Crippen LogP contribution is 2.15. The first kappa shape index (κ1) is 15.7. The Hall–Kier alpha value is -1.70. The number of aliphatic hydroxyl groups is 2. The van der Waals surface area contributed by atoms with Crippen LogP contribution < -0.4 is 10.1 Å². The van der Waals surface area contributed by atoms with Crippen molar-refractivity contribution in [1.29, 1.82) is 0 Å². The van der Waals surface area contributed by atoms with Crippen molar-refractivity contribution in [3.05, 3.63) is 23.9 Å². The number of amides is 1. The SMILES string of the molecule is CC(CO)(CO)NC(=O)c1ccc(OC2CCOC2)nc1. The van der Waals surface area contributed by atoms with E-state index in [1.165, 1.54) is 6.20 Å². The van der Waals surface area contributed by atoms with Gasteiger partial charge in [0.25, 0.3) is 5.91 Å². The summed E-state index contributed by atoms with van der Waals surface area (Å²) in [6.45, 7) is 2.08. The zero-order chi connectivity index (χ0) is 15.3. The largest absolute Gasteiger partial charge is 0.472 e. The molecule has 1 unspecified atom stereocenters. The summed E-state index contributed by atoms with van der Waals surface area (Å²) in [7, 11) is 0. The van der Waals surface area contributed by atoms with Gasteiger partial charge in [0.2, 0.25) is 5.88 Å². The van der Waals surface area contributed by atoms with Crippen molar-refractivity contribution in [2.45, 2.75) is 25.0 Å². The Balaban J connectivity index is 1.96. The van der Waals surface area contributed by atoms with Gasteiger partial charge in [0.15, 0.2) is 0 Å². The van der Waals surface area contributed by atoms with E-state index in [0.29, 0.717) is 24.7 Å². The van der Waals surface area contributed by atoms with Gasteiger partial charge in [-0.15, -0.1) is 0 Å². The van der Waals surface area contributed by atoms with Crippen LogP contribution in [-0.2, 0) is 4.74 Å². The zero-order valence-electron chi connectivity index (χ0n) is 11.9. The molecule has 0 spiro atoms. The van der Waals surface area contributed by atoms with Crippen LogP contribution in [0.3, 0.4) is 0 Å². The van der Waals surface area contributed by atoms with E-state index in [-0.39, 0.29) is 19.3 Å². The smallest absolute Gasteiger partial charge is 0.253 e. The normalized spacial score (nSPS) is 18.5. The van der Waals surface area contributed by atoms with Gasteiger partial charge >= 0.3 is 0 Å². The number of nitrogens with zero attached hydrogens (tertiary/aromatic N) is 1. The standard InChI is InChI=1S/C14H20N2O5/c1-14(8-17,9-18)16-13(19)10-2-3-12(15-6-10)21-11-4-5-20-7-11/h2-3,6,11,17-18H,4-5,7-9H2,1H3,(H,16,19). The van der Waals surface area contributed by atoms with E-state index < -0.39 is 11.4 Å². The van der Waals surface area contributed by atoms with Crippen LogP contribution in [0.25, 0.3) is 0 Å². The molecule has 3 N–H and O–H groups in total. The highest BCUT2D eigenvalue weighted by Gasteiger charge is 2.25. The Morgan fingerprint density at radius 2 is 2.29 bits per heavy atom. The number of rotatable bonds is 6. The van der Waals surface area contributed by atoms with Crippen LogP contribution in [0.1, 0.15) is 23.7 Å². The number of carbonyl (C=O) groups excluding carboxylic acids is 1. The summed E-state index contributed by atoms with van der Waals surface area (Å²) < 4.78 is 10.8. The lowest BCUT2D eigenvalue weighted by Crippen LogP contribution is -2.51. The van der Waals surface area contributed by atoms with Crippen molar-refractivity contribution in [2.24, 2.45) is 0 Å². The van der Waals surface area contributed by atoms with Crippen LogP contribution in [0, 0.1) is 0 Å². The van der Waals surface area contributed by atoms with Gasteiger partial charge in [0.1, 0.15) is 6.10 Å². The van der Waals surface area contributed by atoms with E-state index in [4.69, 9.17) is 19.7 Å². The summed E-state index contributed by atoms with van der Waals surface area (Å²) in [5, 5.41) is 20.9. The second-order valence-electron chi connectivity index (χ2n) is 5.32. The fraction of sp³-hybridized carbons (Fsp3) is 0.571. The Morgan fingerprint density at radius 3 is 2.81 bits per heavy atom. The third kappa shape index (κ3) is 4.13. The molecule has 116 valence electrons. The number of aromatic nitrogens is 1. The molecule has 0 aliphatic carbocycles. The predicted molar refractivity (Wildman–Crippen MR) is 74.1 cm³/mol. The van der Waals surface area contributed by atoms with Gasteiger partial charge in [-0.3, -0.25) is 4.79 Å². The summed E-state index contributed by atoms with van der Waals surface area (Å²) in [6, 6.07) is 3.20. The van der Waals surface area contributed by atoms with E-state index in [0.717, 1.165) is 6.42 Å². The molecule has 1 aliphatic heterocycles. The molecule has 1 atom stereocenters. The van der Waals surface area contributed by atoms with Crippen LogP contribution in [0.2, 0.25) is 0 Å². The Labute approximate surface area is 122 Å². The lowest BCUT2D eigenvalue weighted by molar-refractivity contribution is 0.0723. The van der Waals surface area contributed by atoms with Gasteiger partial charge in [-0.2, -0.15) is 0 Å². The summed E-state index contributed by atoms with van der Waals surface area (Å²) in [5.74, 6) is 0.0259. The lowest BCUT2D eigenvalue weighted by Gasteiger charge is -2.26. The monoisotopic (exact) mass is 296 g/mol. The van der Waals surface area contributed by atoms with Crippen LogP contribution in [-0.4, -0.2) is 59.2 Å². The Morgan fingerprint density at radius 1 is 1.52 bits per heavy atom. The van der Waals surface area contributed by atoms with Crippen LogP contribution >= 0.6 is 0 Å². The maximum absolute atomic E-state index is 12.0. The van der Waals surface area contributed by atoms with E-state index >= 15 is 0 Å². The Kier molecular flexibility index (Phi) is 5.11. The highest BCUT2D eigenvalue weighted by atomic mass is 16.5. The molecule has 1 fully saturated rings. The maximum atomic E-state index is 12.0. The van der Waals surface area contributed by atoms with Crippen molar-refractivity contribution in [2.75, 3.05) is 26.4 Å². The van der Waals surface area contributed by atoms with Crippen LogP contribution in [0.5, 0.6) is 5.88 Å². The number of nitrogens with one attached hydrogen (secondary N) is 1. The summed E-state index contributed by atoms with van der Waals surface area (Å²) in [5.41, 5.74) is -0.730. The molecule has 21 heavy (non-hydrogen) atoms. The number of pyridine rings is 1. The first-order chi connectivity index (χ1) is 10.1. The molecule has 1 aromatic heterocycles. The average Bonchev–Trinajstić information content (AvgIpc) is 3.00. The third-order valence-corrected chi connectivity index (χ3v) is 3.29. The second-order valence-corrected chi connectivity index (χ2v) is 5.32. The molecule has 0 bridgehead atoms. The molecule has 7 nitrogen and oxygen atoms in total. The topological polar surface area (TPSA) is 101 Å². The fourth-order valence-corrected chi connectivity index (χ4v) is 1.84. The quantitative estimate of drug-likeness (QED) is 0.667. The number of carbonyl (C=O) groups is 1. The van der Waals surface area contributed by atoms with Crippen molar-refractivity contribution < 1.29 is 24.5 Å². The first-order valence-electron chi connectivity index (χ1n) is 6.81. The first-order valence-corrected chi connectivity index (χ1v) is 6.81. The molecule has 1 aliphatic rings. The molecule has 0 aromatic carbocycles. The fourth-order valence-electron chi connectivity index (χ4n) is 1.84. The molecule has 1 saturated heterocycles. The lowest BCUT2D eigenvalue weighted by atomic mass is 10.0. The molecule has 7 heteroatoms. The van der Waals surface area contributed by atoms with Crippen molar-refractivity contribution in [3.8, 4) is 5.88 Å². The molecule has 0 radical (unpaired) electrons. The minimum absolute atomic E-state index is 0.00393. The molecular weight excluding hydrogens is 276 g/mol.